The third kappa shape index (κ3) is 4.38. The number of hydrogen-bond donors (Lipinski definition) is 0. The molecule has 4 rings (SSSR count). The number of carbonyl (C=O) groups is 2. The van der Waals surface area contributed by atoms with Gasteiger partial charge in [0.25, 0.3) is 0 Å². The van der Waals surface area contributed by atoms with Crippen LogP contribution in [0.4, 0.5) is 4.39 Å². The summed E-state index contributed by atoms with van der Waals surface area (Å²) in [5.41, 5.74) is 1.68. The molecular weight excluding hydrogens is 357 g/mol. The lowest BCUT2D eigenvalue weighted by Crippen LogP contribution is -2.47. The van der Waals surface area contributed by atoms with E-state index in [1.54, 1.807) is 23.2 Å². The van der Waals surface area contributed by atoms with Gasteiger partial charge in [-0.3, -0.25) is 14.6 Å². The Morgan fingerprint density at radius 2 is 1.89 bits per heavy atom. The fourth-order valence-electron chi connectivity index (χ4n) is 3.78. The molecule has 1 aromatic heterocycles. The molecule has 1 aromatic carbocycles. The van der Waals surface area contributed by atoms with Gasteiger partial charge in [0.05, 0.1) is 18.2 Å². The highest BCUT2D eigenvalue weighted by atomic mass is 19.1. The number of carbonyl (C=O) groups excluding carboxylic acids is 2. The van der Waals surface area contributed by atoms with Crippen molar-refractivity contribution in [3.8, 4) is 0 Å². The maximum atomic E-state index is 13.4. The predicted octanol–water partition coefficient (Wildman–Crippen LogP) is 3.15. The average Bonchev–Trinajstić information content (AvgIpc) is 3.55. The van der Waals surface area contributed by atoms with Crippen LogP contribution in [-0.2, 0) is 22.7 Å². The largest absolute Gasteiger partial charge is 0.339 e. The summed E-state index contributed by atoms with van der Waals surface area (Å²) >= 11 is 0. The summed E-state index contributed by atoms with van der Waals surface area (Å²) in [5, 5.41) is 0. The maximum absolute atomic E-state index is 13.4. The first-order valence-electron chi connectivity index (χ1n) is 9.83. The van der Waals surface area contributed by atoms with Gasteiger partial charge in [-0.15, -0.1) is 0 Å². The second kappa shape index (κ2) is 8.09. The number of nitrogens with zero attached hydrogens (tertiary/aromatic N) is 3. The van der Waals surface area contributed by atoms with E-state index < -0.39 is 0 Å². The SMILES string of the molecule is O=C(C1CCC(=O)N(C2CC2)C1)N(Cc1ccc(F)cc1)Cc1ccccn1. The van der Waals surface area contributed by atoms with E-state index in [1.165, 1.54) is 12.1 Å². The van der Waals surface area contributed by atoms with Crippen molar-refractivity contribution in [2.75, 3.05) is 6.54 Å². The zero-order chi connectivity index (χ0) is 19.5. The van der Waals surface area contributed by atoms with Crippen LogP contribution in [0.15, 0.2) is 48.7 Å². The Bertz CT molecular complexity index is 837. The van der Waals surface area contributed by atoms with Gasteiger partial charge in [0.2, 0.25) is 11.8 Å². The van der Waals surface area contributed by atoms with Crippen LogP contribution in [0.2, 0.25) is 0 Å². The monoisotopic (exact) mass is 381 g/mol. The molecule has 2 fully saturated rings. The van der Waals surface area contributed by atoms with Crippen molar-refractivity contribution in [3.63, 3.8) is 0 Å². The molecule has 2 heterocycles. The van der Waals surface area contributed by atoms with E-state index in [2.05, 4.69) is 4.98 Å². The van der Waals surface area contributed by atoms with Gasteiger partial charge in [0.1, 0.15) is 5.82 Å². The fourth-order valence-corrected chi connectivity index (χ4v) is 3.78. The van der Waals surface area contributed by atoms with Crippen molar-refractivity contribution in [1.29, 1.82) is 0 Å². The minimum atomic E-state index is -0.294. The van der Waals surface area contributed by atoms with Crippen molar-refractivity contribution in [3.05, 3.63) is 65.7 Å². The normalized spacial score (nSPS) is 19.5. The van der Waals surface area contributed by atoms with Gasteiger partial charge in [0, 0.05) is 31.7 Å². The van der Waals surface area contributed by atoms with Crippen LogP contribution in [-0.4, -0.2) is 39.2 Å². The van der Waals surface area contributed by atoms with E-state index in [0.29, 0.717) is 38.5 Å². The van der Waals surface area contributed by atoms with E-state index in [4.69, 9.17) is 0 Å². The molecule has 0 spiro atoms. The summed E-state index contributed by atoms with van der Waals surface area (Å²) in [6.45, 7) is 1.29. The quantitative estimate of drug-likeness (QED) is 0.772. The molecule has 1 aliphatic heterocycles. The van der Waals surface area contributed by atoms with E-state index in [0.717, 1.165) is 24.1 Å². The van der Waals surface area contributed by atoms with Crippen molar-refractivity contribution in [1.82, 2.24) is 14.8 Å². The Kier molecular flexibility index (Phi) is 5.37. The standard InChI is InChI=1S/C22H24FN3O2/c23-18-7-4-16(5-8-18)13-25(15-19-3-1-2-12-24-19)22(28)17-6-11-21(27)26(14-17)20-9-10-20/h1-5,7-8,12,17,20H,6,9-11,13-15H2. The van der Waals surface area contributed by atoms with Gasteiger partial charge in [-0.1, -0.05) is 18.2 Å². The molecule has 146 valence electrons. The molecule has 1 saturated carbocycles. The van der Waals surface area contributed by atoms with Crippen molar-refractivity contribution >= 4 is 11.8 Å². The number of hydrogen-bond acceptors (Lipinski definition) is 3. The lowest BCUT2D eigenvalue weighted by molar-refractivity contribution is -0.144. The van der Waals surface area contributed by atoms with Crippen LogP contribution in [0.5, 0.6) is 0 Å². The molecule has 2 amide bonds. The molecule has 5 nitrogen and oxygen atoms in total. The molecule has 6 heteroatoms. The Labute approximate surface area is 164 Å². The van der Waals surface area contributed by atoms with Crippen LogP contribution < -0.4 is 0 Å². The molecule has 1 atom stereocenters. The number of amides is 2. The number of rotatable bonds is 6. The first-order chi connectivity index (χ1) is 13.6. The van der Waals surface area contributed by atoms with Crippen LogP contribution in [0.1, 0.15) is 36.9 Å². The molecule has 1 aliphatic carbocycles. The highest BCUT2D eigenvalue weighted by molar-refractivity contribution is 5.84. The number of piperidine rings is 1. The average molecular weight is 381 g/mol. The third-order valence-corrected chi connectivity index (χ3v) is 5.46. The first-order valence-corrected chi connectivity index (χ1v) is 9.83. The predicted molar refractivity (Wildman–Crippen MR) is 102 cm³/mol. The Morgan fingerprint density at radius 1 is 1.11 bits per heavy atom. The second-order valence-corrected chi connectivity index (χ2v) is 7.65. The Balaban J connectivity index is 1.52. The van der Waals surface area contributed by atoms with E-state index in [1.807, 2.05) is 23.1 Å². The van der Waals surface area contributed by atoms with Crippen molar-refractivity contribution in [2.24, 2.45) is 5.92 Å². The molecule has 2 aromatic rings. The van der Waals surface area contributed by atoms with Gasteiger partial charge >= 0.3 is 0 Å². The number of aromatic nitrogens is 1. The zero-order valence-electron chi connectivity index (χ0n) is 15.8. The topological polar surface area (TPSA) is 53.5 Å². The number of halogens is 1. The Hall–Kier alpha value is -2.76. The first kappa shape index (κ1) is 18.6. The van der Waals surface area contributed by atoms with E-state index in [-0.39, 0.29) is 23.5 Å². The molecular formula is C22H24FN3O2. The summed E-state index contributed by atoms with van der Waals surface area (Å²) < 4.78 is 13.3. The molecule has 1 unspecified atom stereocenters. The lowest BCUT2D eigenvalue weighted by Gasteiger charge is -2.35. The molecule has 0 radical (unpaired) electrons. The summed E-state index contributed by atoms with van der Waals surface area (Å²) in [6.07, 6.45) is 4.81. The molecule has 2 aliphatic rings. The van der Waals surface area contributed by atoms with Crippen LogP contribution in [0.25, 0.3) is 0 Å². The molecule has 1 saturated heterocycles. The van der Waals surface area contributed by atoms with Crippen LogP contribution in [0.3, 0.4) is 0 Å². The van der Waals surface area contributed by atoms with Crippen LogP contribution >= 0.6 is 0 Å². The minimum absolute atomic E-state index is 0.0353. The number of benzene rings is 1. The molecule has 0 bridgehead atoms. The van der Waals surface area contributed by atoms with E-state index in [9.17, 15) is 14.0 Å². The van der Waals surface area contributed by atoms with Crippen LogP contribution in [0, 0.1) is 11.7 Å². The zero-order valence-corrected chi connectivity index (χ0v) is 15.8. The molecule has 0 N–H and O–H groups in total. The summed E-state index contributed by atoms with van der Waals surface area (Å²) in [6, 6.07) is 12.2. The smallest absolute Gasteiger partial charge is 0.228 e. The van der Waals surface area contributed by atoms with Gasteiger partial charge in [-0.05, 0) is 49.1 Å². The lowest BCUT2D eigenvalue weighted by atomic mass is 9.95. The summed E-state index contributed by atoms with van der Waals surface area (Å²) in [7, 11) is 0. The summed E-state index contributed by atoms with van der Waals surface area (Å²) in [4.78, 5) is 33.6. The van der Waals surface area contributed by atoms with E-state index >= 15 is 0 Å². The van der Waals surface area contributed by atoms with Crippen molar-refractivity contribution < 1.29 is 14.0 Å². The highest BCUT2D eigenvalue weighted by Gasteiger charge is 2.39. The maximum Gasteiger partial charge on any atom is 0.228 e. The van der Waals surface area contributed by atoms with Gasteiger partial charge in [-0.2, -0.15) is 0 Å². The Morgan fingerprint density at radius 3 is 2.57 bits per heavy atom. The third-order valence-electron chi connectivity index (χ3n) is 5.46. The highest BCUT2D eigenvalue weighted by Crippen LogP contribution is 2.32. The molecule has 28 heavy (non-hydrogen) atoms. The minimum Gasteiger partial charge on any atom is -0.339 e. The van der Waals surface area contributed by atoms with Crippen molar-refractivity contribution in [2.45, 2.75) is 44.8 Å². The second-order valence-electron chi connectivity index (χ2n) is 7.65. The van der Waals surface area contributed by atoms with Gasteiger partial charge in [-0.25, -0.2) is 4.39 Å². The summed E-state index contributed by atoms with van der Waals surface area (Å²) in [5.74, 6) is -0.283. The van der Waals surface area contributed by atoms with Gasteiger partial charge in [0.15, 0.2) is 0 Å². The fraction of sp³-hybridized carbons (Fsp3) is 0.409. The number of pyridine rings is 1. The van der Waals surface area contributed by atoms with Gasteiger partial charge < -0.3 is 9.80 Å². The number of likely N-dealkylation sites (tertiary alicyclic amines) is 1.